The first kappa shape index (κ1) is 79.2. The van der Waals surface area contributed by atoms with Crippen LogP contribution in [-0.2, 0) is 33.3 Å². The van der Waals surface area contributed by atoms with Gasteiger partial charge in [0.05, 0.1) is 40.3 Å². The molecule has 0 aliphatic heterocycles. The number of ether oxygens (including phenoxy) is 4. The van der Waals surface area contributed by atoms with Gasteiger partial charge in [-0.15, -0.1) is 0 Å². The molecule has 9 heteroatoms. The predicted octanol–water partition coefficient (Wildman–Crippen LogP) is 19.9. The number of carboxylic acids is 1. The van der Waals surface area contributed by atoms with Gasteiger partial charge in [-0.25, -0.2) is 0 Å². The van der Waals surface area contributed by atoms with Crippen LogP contribution in [0.5, 0.6) is 0 Å². The zero-order valence-corrected chi connectivity index (χ0v) is 54.5. The molecule has 0 aromatic carbocycles. The molecule has 0 amide bonds. The summed E-state index contributed by atoms with van der Waals surface area (Å²) in [5.41, 5.74) is 0. The Morgan fingerprint density at radius 3 is 1.02 bits per heavy atom. The van der Waals surface area contributed by atoms with Crippen molar-refractivity contribution in [2.75, 3.05) is 47.5 Å². The quantitative estimate of drug-likeness (QED) is 0.0195. The lowest BCUT2D eigenvalue weighted by Crippen LogP contribution is -2.44. The number of esters is 2. The van der Waals surface area contributed by atoms with Gasteiger partial charge in [0.1, 0.15) is 13.2 Å². The third-order valence-electron chi connectivity index (χ3n) is 14.8. The lowest BCUT2D eigenvalue weighted by molar-refractivity contribution is -0.870. The first-order valence-corrected chi connectivity index (χ1v) is 34.4. The van der Waals surface area contributed by atoms with E-state index in [9.17, 15) is 19.5 Å². The molecule has 2 unspecified atom stereocenters. The number of unbranched alkanes of at least 4 members (excludes halogenated alkanes) is 32. The van der Waals surface area contributed by atoms with Gasteiger partial charge in [-0.3, -0.25) is 9.59 Å². The molecule has 9 nitrogen and oxygen atoms in total. The molecule has 0 heterocycles. The van der Waals surface area contributed by atoms with Crippen LogP contribution >= 0.6 is 0 Å². The van der Waals surface area contributed by atoms with E-state index in [2.05, 4.69) is 111 Å². The van der Waals surface area contributed by atoms with Crippen LogP contribution in [0.15, 0.2) is 97.2 Å². The molecule has 0 saturated heterocycles. The Kier molecular flexibility index (Phi) is 61.3. The molecular weight excluding hydrogens is 1030 g/mol. The minimum Gasteiger partial charge on any atom is -0.545 e. The summed E-state index contributed by atoms with van der Waals surface area (Å²) in [7, 11) is 5.92. The zero-order valence-electron chi connectivity index (χ0n) is 54.5. The van der Waals surface area contributed by atoms with Crippen LogP contribution in [0.4, 0.5) is 0 Å². The van der Waals surface area contributed by atoms with Crippen LogP contribution in [0.25, 0.3) is 0 Å². The molecule has 0 rings (SSSR count). The lowest BCUT2D eigenvalue weighted by atomic mass is 10.0. The van der Waals surface area contributed by atoms with E-state index in [1.807, 2.05) is 21.1 Å². The fourth-order valence-electron chi connectivity index (χ4n) is 9.57. The van der Waals surface area contributed by atoms with Crippen molar-refractivity contribution < 1.29 is 42.9 Å². The molecule has 0 radical (unpaired) electrons. The molecule has 0 aliphatic carbocycles. The van der Waals surface area contributed by atoms with Gasteiger partial charge >= 0.3 is 11.9 Å². The Balaban J connectivity index is 4.10. The van der Waals surface area contributed by atoms with Crippen LogP contribution in [-0.4, -0.2) is 82.3 Å². The molecule has 0 bridgehead atoms. The Morgan fingerprint density at radius 2 is 0.687 bits per heavy atom. The maximum Gasteiger partial charge on any atom is 0.306 e. The first-order valence-electron chi connectivity index (χ1n) is 34.4. The number of aliphatic carboxylic acids is 1. The van der Waals surface area contributed by atoms with Gasteiger partial charge in [0.25, 0.3) is 0 Å². The van der Waals surface area contributed by atoms with E-state index in [0.29, 0.717) is 17.4 Å². The summed E-state index contributed by atoms with van der Waals surface area (Å²) >= 11 is 0. The Labute approximate surface area is 512 Å². The van der Waals surface area contributed by atoms with Crippen LogP contribution in [0.3, 0.4) is 0 Å². The van der Waals surface area contributed by atoms with E-state index in [0.717, 1.165) is 89.9 Å². The largest absolute Gasteiger partial charge is 0.545 e. The minimum atomic E-state index is -1.63. The molecule has 0 aliphatic rings. The SMILES string of the molecule is CC/C=C\C/C=C\C/C=C\C/C=C\C/C=C\C/C=C\CCCCCCC(=O)OC(COC(=O)CCCCCCCCCCCCCCCCCCCCCCCCC/C=C\C/C=C\CCCCCCC)COC(OCC[N+](C)(C)C)C(=O)[O-]. The molecular formula is C74H129NO8. The Bertz CT molecular complexity index is 1680. The standard InChI is InChI=1S/C74H129NO8/c1-6-8-10-12-14-16-18-20-22-24-26-28-30-31-32-33-34-35-36-37-38-39-40-41-43-44-46-48-50-52-54-56-58-60-62-64-71(76)81-68-70(69-82-74(73(78)79)80-67-66-75(3,4)5)83-72(77)65-63-61-59-57-55-53-51-49-47-45-42-29-27-25-23-21-19-17-15-13-11-9-7-2/h9,11,15,17-18,20-21,23-24,26-27,29,45,47,51,53,70,74H,6-8,10,12-14,16,19,22,25,28,30-44,46,48-50,52,54-69H2,1-5H3/b11-9-,17-15-,20-18-,23-21-,26-24-,29-27-,47-45-,53-51-. The second-order valence-electron chi connectivity index (χ2n) is 24.1. The summed E-state index contributed by atoms with van der Waals surface area (Å²) in [5.74, 6) is -2.31. The van der Waals surface area contributed by atoms with E-state index >= 15 is 0 Å². The van der Waals surface area contributed by atoms with Crippen molar-refractivity contribution in [1.29, 1.82) is 0 Å². The summed E-state index contributed by atoms with van der Waals surface area (Å²) in [6, 6.07) is 0. The van der Waals surface area contributed by atoms with Crippen LogP contribution in [0.1, 0.15) is 296 Å². The third-order valence-corrected chi connectivity index (χ3v) is 14.8. The minimum absolute atomic E-state index is 0.139. The number of nitrogens with zero attached hydrogens (tertiary/aromatic N) is 1. The maximum atomic E-state index is 12.9. The molecule has 0 spiro atoms. The molecule has 0 aromatic heterocycles. The van der Waals surface area contributed by atoms with Gasteiger partial charge in [-0.05, 0) is 96.3 Å². The van der Waals surface area contributed by atoms with E-state index < -0.39 is 24.3 Å². The van der Waals surface area contributed by atoms with Crippen molar-refractivity contribution in [1.82, 2.24) is 0 Å². The molecule has 0 saturated carbocycles. The second-order valence-corrected chi connectivity index (χ2v) is 24.1. The summed E-state index contributed by atoms with van der Waals surface area (Å²) in [4.78, 5) is 37.4. The van der Waals surface area contributed by atoms with E-state index in [4.69, 9.17) is 18.9 Å². The first-order chi connectivity index (χ1) is 40.6. The number of likely N-dealkylation sites (N-methyl/N-ethyl adjacent to an activating group) is 1. The van der Waals surface area contributed by atoms with Crippen molar-refractivity contribution in [2.24, 2.45) is 0 Å². The van der Waals surface area contributed by atoms with Gasteiger partial charge in [0.2, 0.25) is 0 Å². The normalized spacial score (nSPS) is 13.3. The monoisotopic (exact) mass is 1160 g/mol. The number of rotatable bonds is 63. The zero-order chi connectivity index (χ0) is 60.5. The second kappa shape index (κ2) is 64.2. The molecule has 0 N–H and O–H groups in total. The topological polar surface area (TPSA) is 111 Å². The van der Waals surface area contributed by atoms with Crippen molar-refractivity contribution in [2.45, 2.75) is 309 Å². The van der Waals surface area contributed by atoms with Gasteiger partial charge < -0.3 is 33.3 Å². The smallest absolute Gasteiger partial charge is 0.306 e. The Morgan fingerprint density at radius 1 is 0.373 bits per heavy atom. The van der Waals surface area contributed by atoms with Gasteiger partial charge in [0.15, 0.2) is 12.4 Å². The highest BCUT2D eigenvalue weighted by atomic mass is 16.7. The lowest BCUT2D eigenvalue weighted by Gasteiger charge is -2.26. The maximum absolute atomic E-state index is 12.9. The van der Waals surface area contributed by atoms with Crippen molar-refractivity contribution >= 4 is 17.9 Å². The predicted molar refractivity (Wildman–Crippen MR) is 352 cm³/mol. The highest BCUT2D eigenvalue weighted by Crippen LogP contribution is 2.17. The van der Waals surface area contributed by atoms with Crippen molar-refractivity contribution in [3.8, 4) is 0 Å². The van der Waals surface area contributed by atoms with Crippen molar-refractivity contribution in [3.63, 3.8) is 0 Å². The Hall–Kier alpha value is -3.79. The van der Waals surface area contributed by atoms with Gasteiger partial charge in [-0.2, -0.15) is 0 Å². The van der Waals surface area contributed by atoms with Crippen LogP contribution in [0.2, 0.25) is 0 Å². The average Bonchev–Trinajstić information content (AvgIpc) is 3.46. The summed E-state index contributed by atoms with van der Waals surface area (Å²) < 4.78 is 22.7. The number of allylic oxidation sites excluding steroid dienone is 16. The summed E-state index contributed by atoms with van der Waals surface area (Å²) in [6.45, 7) is 4.61. The van der Waals surface area contributed by atoms with Crippen LogP contribution in [0, 0.1) is 0 Å². The molecule has 2 atom stereocenters. The number of carbonyl (C=O) groups is 3. The highest BCUT2D eigenvalue weighted by molar-refractivity contribution is 5.70. The number of hydrogen-bond acceptors (Lipinski definition) is 8. The summed E-state index contributed by atoms with van der Waals surface area (Å²) in [5, 5.41) is 11.8. The van der Waals surface area contributed by atoms with Crippen molar-refractivity contribution in [3.05, 3.63) is 97.2 Å². The fraction of sp³-hybridized carbons (Fsp3) is 0.743. The van der Waals surface area contributed by atoms with Gasteiger partial charge in [-0.1, -0.05) is 284 Å². The van der Waals surface area contributed by atoms with E-state index in [1.54, 1.807) is 0 Å². The number of quaternary nitrogens is 1. The summed E-state index contributed by atoms with van der Waals surface area (Å²) in [6.07, 6.45) is 85.0. The fourth-order valence-corrected chi connectivity index (χ4v) is 9.57. The number of hydrogen-bond donors (Lipinski definition) is 0. The highest BCUT2D eigenvalue weighted by Gasteiger charge is 2.22. The van der Waals surface area contributed by atoms with E-state index in [-0.39, 0.29) is 38.6 Å². The average molecular weight is 1160 g/mol. The van der Waals surface area contributed by atoms with Crippen LogP contribution < -0.4 is 5.11 Å². The number of carboxylic acid groups (broad SMARTS) is 1. The number of carbonyl (C=O) groups excluding carboxylic acids is 3. The molecule has 478 valence electrons. The van der Waals surface area contributed by atoms with Gasteiger partial charge in [0, 0.05) is 12.8 Å². The van der Waals surface area contributed by atoms with E-state index in [1.165, 1.54) is 173 Å². The molecule has 0 fully saturated rings. The third kappa shape index (κ3) is 65.6. The molecule has 83 heavy (non-hydrogen) atoms. The molecule has 0 aromatic rings.